The van der Waals surface area contributed by atoms with Crippen LogP contribution in [0.1, 0.15) is 25.0 Å². The van der Waals surface area contributed by atoms with Gasteiger partial charge in [-0.15, -0.1) is 0 Å². The lowest BCUT2D eigenvalue weighted by Gasteiger charge is -2.21. The normalized spacial score (nSPS) is 10.7. The van der Waals surface area contributed by atoms with Gasteiger partial charge in [-0.3, -0.25) is 4.79 Å². The maximum Gasteiger partial charge on any atom is 0.227 e. The Morgan fingerprint density at radius 2 is 2.24 bits per heavy atom. The van der Waals surface area contributed by atoms with Crippen LogP contribution >= 0.6 is 0 Å². The predicted molar refractivity (Wildman–Crippen MR) is 65.8 cm³/mol. The number of hydrogen-bond donors (Lipinski definition) is 2. The van der Waals surface area contributed by atoms with Crippen LogP contribution in [0.25, 0.3) is 0 Å². The Hall–Kier alpha value is -1.86. The van der Waals surface area contributed by atoms with E-state index in [1.807, 2.05) is 6.07 Å². The third-order valence-electron chi connectivity index (χ3n) is 2.63. The van der Waals surface area contributed by atoms with Gasteiger partial charge in [0.25, 0.3) is 0 Å². The van der Waals surface area contributed by atoms with Crippen LogP contribution in [0.15, 0.2) is 24.3 Å². The molecule has 0 saturated carbocycles. The lowest BCUT2D eigenvalue weighted by atomic mass is 9.92. The van der Waals surface area contributed by atoms with E-state index in [2.05, 4.69) is 11.4 Å². The Bertz CT molecular complexity index is 446. The highest BCUT2D eigenvalue weighted by atomic mass is 16.2. The predicted octanol–water partition coefficient (Wildman–Crippen LogP) is 1.16. The quantitative estimate of drug-likeness (QED) is 0.816. The smallest absolute Gasteiger partial charge is 0.227 e. The molecular formula is C13H17N3O. The van der Waals surface area contributed by atoms with Crippen molar-refractivity contribution >= 4 is 5.91 Å². The fraction of sp³-hybridized carbons (Fsp3) is 0.385. The van der Waals surface area contributed by atoms with Gasteiger partial charge < -0.3 is 11.1 Å². The molecule has 0 aliphatic rings. The van der Waals surface area contributed by atoms with Crippen LogP contribution < -0.4 is 11.1 Å². The number of nitrogens with one attached hydrogen (secondary N) is 1. The molecule has 0 bridgehead atoms. The molecule has 1 amide bonds. The maximum atomic E-state index is 11.8. The zero-order valence-electron chi connectivity index (χ0n) is 10.2. The minimum Gasteiger partial charge on any atom is -0.352 e. The molecule has 0 saturated heterocycles. The highest BCUT2D eigenvalue weighted by Crippen LogP contribution is 2.13. The number of hydrogen-bond acceptors (Lipinski definition) is 3. The molecule has 1 aromatic rings. The molecule has 4 heteroatoms. The van der Waals surface area contributed by atoms with E-state index in [1.165, 1.54) is 0 Å². The summed E-state index contributed by atoms with van der Waals surface area (Å²) in [5.74, 6) is -0.0811. The molecule has 0 unspecified atom stereocenters. The number of benzene rings is 1. The van der Waals surface area contributed by atoms with Crippen molar-refractivity contribution in [3.8, 4) is 6.07 Å². The van der Waals surface area contributed by atoms with Gasteiger partial charge in [0.15, 0.2) is 0 Å². The molecule has 0 aromatic heterocycles. The monoisotopic (exact) mass is 231 g/mol. The highest BCUT2D eigenvalue weighted by Gasteiger charge is 2.25. The molecule has 0 aliphatic carbocycles. The van der Waals surface area contributed by atoms with Crippen molar-refractivity contribution in [2.75, 3.05) is 6.54 Å². The summed E-state index contributed by atoms with van der Waals surface area (Å²) in [7, 11) is 0. The molecule has 1 aromatic carbocycles. The van der Waals surface area contributed by atoms with E-state index in [-0.39, 0.29) is 5.91 Å². The third kappa shape index (κ3) is 3.58. The number of nitrogens with zero attached hydrogens (tertiary/aromatic N) is 1. The molecule has 90 valence electrons. The van der Waals surface area contributed by atoms with Gasteiger partial charge in [-0.2, -0.15) is 5.26 Å². The number of carbonyl (C=O) groups excluding carboxylic acids is 1. The van der Waals surface area contributed by atoms with Crippen molar-refractivity contribution in [2.24, 2.45) is 11.1 Å². The molecule has 0 atom stereocenters. The molecule has 4 nitrogen and oxygen atoms in total. The first-order valence-corrected chi connectivity index (χ1v) is 5.47. The second kappa shape index (κ2) is 5.46. The second-order valence-electron chi connectivity index (χ2n) is 4.58. The fourth-order valence-electron chi connectivity index (χ4n) is 1.27. The van der Waals surface area contributed by atoms with E-state index >= 15 is 0 Å². The molecule has 3 N–H and O–H groups in total. The first-order chi connectivity index (χ1) is 7.99. The maximum absolute atomic E-state index is 11.8. The topological polar surface area (TPSA) is 78.9 Å². The van der Waals surface area contributed by atoms with Gasteiger partial charge in [0.2, 0.25) is 5.91 Å². The molecule has 17 heavy (non-hydrogen) atoms. The van der Waals surface area contributed by atoms with E-state index in [0.717, 1.165) is 5.56 Å². The third-order valence-corrected chi connectivity index (χ3v) is 2.63. The van der Waals surface area contributed by atoms with Crippen molar-refractivity contribution in [3.63, 3.8) is 0 Å². The van der Waals surface area contributed by atoms with Crippen molar-refractivity contribution in [3.05, 3.63) is 35.4 Å². The highest BCUT2D eigenvalue weighted by molar-refractivity contribution is 5.82. The van der Waals surface area contributed by atoms with Gasteiger partial charge >= 0.3 is 0 Å². The van der Waals surface area contributed by atoms with Crippen LogP contribution in [0.3, 0.4) is 0 Å². The summed E-state index contributed by atoms with van der Waals surface area (Å²) in [6, 6.07) is 9.23. The van der Waals surface area contributed by atoms with E-state index in [9.17, 15) is 4.79 Å². The van der Waals surface area contributed by atoms with E-state index in [0.29, 0.717) is 18.7 Å². The molecule has 0 fully saturated rings. The molecule has 0 heterocycles. The van der Waals surface area contributed by atoms with Gasteiger partial charge in [0, 0.05) is 13.1 Å². The molecular weight excluding hydrogens is 214 g/mol. The largest absolute Gasteiger partial charge is 0.352 e. The Kier molecular flexibility index (Phi) is 4.24. The number of carbonyl (C=O) groups is 1. The molecule has 0 radical (unpaired) electrons. The van der Waals surface area contributed by atoms with Crippen molar-refractivity contribution in [1.29, 1.82) is 5.26 Å². The molecule has 1 rings (SSSR count). The van der Waals surface area contributed by atoms with E-state index in [1.54, 1.807) is 32.0 Å². The van der Waals surface area contributed by atoms with Crippen LogP contribution in [-0.4, -0.2) is 12.5 Å². The van der Waals surface area contributed by atoms with Crippen LogP contribution in [0, 0.1) is 16.7 Å². The Balaban J connectivity index is 2.62. The minimum absolute atomic E-state index is 0.0811. The van der Waals surface area contributed by atoms with Crippen molar-refractivity contribution in [2.45, 2.75) is 20.4 Å². The number of amides is 1. The SMILES string of the molecule is CC(C)(CN)C(=O)NCc1cccc(C#N)c1. The van der Waals surface area contributed by atoms with Crippen LogP contribution in [-0.2, 0) is 11.3 Å². The van der Waals surface area contributed by atoms with Gasteiger partial charge in [0.1, 0.15) is 0 Å². The Morgan fingerprint density at radius 1 is 1.53 bits per heavy atom. The Labute approximate surface area is 101 Å². The summed E-state index contributed by atoms with van der Waals surface area (Å²) in [6.07, 6.45) is 0. The summed E-state index contributed by atoms with van der Waals surface area (Å²) >= 11 is 0. The van der Waals surface area contributed by atoms with Crippen LogP contribution in [0.2, 0.25) is 0 Å². The van der Waals surface area contributed by atoms with Crippen molar-refractivity contribution < 1.29 is 4.79 Å². The molecule has 0 spiro atoms. The summed E-state index contributed by atoms with van der Waals surface area (Å²) in [5, 5.41) is 11.6. The lowest BCUT2D eigenvalue weighted by molar-refractivity contribution is -0.129. The first kappa shape index (κ1) is 13.2. The fourth-order valence-corrected chi connectivity index (χ4v) is 1.27. The summed E-state index contributed by atoms with van der Waals surface area (Å²) in [5.41, 5.74) is 6.46. The lowest BCUT2D eigenvalue weighted by Crippen LogP contribution is -2.41. The number of nitriles is 1. The zero-order chi connectivity index (χ0) is 12.9. The van der Waals surface area contributed by atoms with Gasteiger partial charge in [-0.25, -0.2) is 0 Å². The first-order valence-electron chi connectivity index (χ1n) is 5.47. The average Bonchev–Trinajstić information content (AvgIpc) is 2.36. The van der Waals surface area contributed by atoms with Crippen LogP contribution in [0.5, 0.6) is 0 Å². The van der Waals surface area contributed by atoms with Gasteiger partial charge in [-0.05, 0) is 31.5 Å². The van der Waals surface area contributed by atoms with E-state index < -0.39 is 5.41 Å². The summed E-state index contributed by atoms with van der Waals surface area (Å²) in [6.45, 7) is 4.32. The number of nitrogens with two attached hydrogens (primary N) is 1. The van der Waals surface area contributed by atoms with Gasteiger partial charge in [0.05, 0.1) is 17.0 Å². The molecule has 0 aliphatic heterocycles. The second-order valence-corrected chi connectivity index (χ2v) is 4.58. The standard InChI is InChI=1S/C13H17N3O/c1-13(2,9-15)12(17)16-8-11-5-3-4-10(6-11)7-14/h3-6H,8-9,15H2,1-2H3,(H,16,17). The Morgan fingerprint density at radius 3 is 2.82 bits per heavy atom. The summed E-state index contributed by atoms with van der Waals surface area (Å²) < 4.78 is 0. The minimum atomic E-state index is -0.563. The zero-order valence-corrected chi connectivity index (χ0v) is 10.2. The van der Waals surface area contributed by atoms with Crippen LogP contribution in [0.4, 0.5) is 0 Å². The van der Waals surface area contributed by atoms with Crippen molar-refractivity contribution in [1.82, 2.24) is 5.32 Å². The summed E-state index contributed by atoms with van der Waals surface area (Å²) in [4.78, 5) is 11.8. The average molecular weight is 231 g/mol. The van der Waals surface area contributed by atoms with Gasteiger partial charge in [-0.1, -0.05) is 12.1 Å². The number of rotatable bonds is 4. The van der Waals surface area contributed by atoms with E-state index in [4.69, 9.17) is 11.0 Å².